The smallest absolute Gasteiger partial charge is 0.497 e. The van der Waals surface area contributed by atoms with Crippen LogP contribution < -0.4 is 14.6 Å². The SMILES string of the molecule is COc1cccc(C2=CC3=CN([C@@H]4O[C@H](COP(=O)(O)OP(=O)(O)OP(=O)(O)Oc5ccc(C)c(C)c5)C(O)[C@@H]4O)C(=O)NC3O2)c1. The molecule has 18 nitrogen and oxygen atoms in total. The zero-order chi connectivity index (χ0) is 34.3. The number of phosphoric ester groups is 2. The van der Waals surface area contributed by atoms with Crippen LogP contribution in [0.1, 0.15) is 16.7 Å². The normalized spacial score (nSPS) is 27.7. The van der Waals surface area contributed by atoms with Crippen molar-refractivity contribution in [2.24, 2.45) is 0 Å². The molecule has 1 saturated heterocycles. The Morgan fingerprint density at radius 2 is 1.64 bits per heavy atom. The van der Waals surface area contributed by atoms with E-state index < -0.39 is 66.9 Å². The number of aliphatic hydroxyl groups excluding tert-OH is 2. The highest BCUT2D eigenvalue weighted by Crippen LogP contribution is 2.67. The summed E-state index contributed by atoms with van der Waals surface area (Å²) in [6, 6.07) is 10.4. The van der Waals surface area contributed by atoms with Crippen LogP contribution in [0.15, 0.2) is 60.3 Å². The minimum absolute atomic E-state index is 0.204. The summed E-state index contributed by atoms with van der Waals surface area (Å²) < 4.78 is 71.1. The Morgan fingerprint density at radius 3 is 2.34 bits per heavy atom. The quantitative estimate of drug-likeness (QED) is 0.173. The van der Waals surface area contributed by atoms with Gasteiger partial charge in [-0.05, 0) is 55.3 Å². The highest BCUT2D eigenvalue weighted by atomic mass is 31.3. The monoisotopic (exact) mass is 720 g/mol. The van der Waals surface area contributed by atoms with Crippen LogP contribution in [-0.4, -0.2) is 80.3 Å². The van der Waals surface area contributed by atoms with Crippen molar-refractivity contribution in [1.29, 1.82) is 0 Å². The Balaban J connectivity index is 1.20. The first-order valence-electron chi connectivity index (χ1n) is 13.6. The van der Waals surface area contributed by atoms with E-state index in [-0.39, 0.29) is 5.75 Å². The van der Waals surface area contributed by atoms with Gasteiger partial charge in [-0.2, -0.15) is 8.62 Å². The molecule has 5 rings (SSSR count). The number of hydrogen-bond donors (Lipinski definition) is 6. The van der Waals surface area contributed by atoms with Crippen molar-refractivity contribution < 1.29 is 75.3 Å². The second-order valence-corrected chi connectivity index (χ2v) is 15.0. The second-order valence-electron chi connectivity index (χ2n) is 10.5. The zero-order valence-corrected chi connectivity index (χ0v) is 27.5. The summed E-state index contributed by atoms with van der Waals surface area (Å²) in [6.07, 6.45) is -4.52. The third-order valence-electron chi connectivity index (χ3n) is 7.10. The molecule has 5 unspecified atom stereocenters. The highest BCUT2D eigenvalue weighted by molar-refractivity contribution is 7.67. The van der Waals surface area contributed by atoms with Crippen LogP contribution in [0, 0.1) is 13.8 Å². The number of rotatable bonds is 12. The average Bonchev–Trinajstić information content (AvgIpc) is 3.51. The van der Waals surface area contributed by atoms with Gasteiger partial charge in [0.15, 0.2) is 6.23 Å². The van der Waals surface area contributed by atoms with Crippen LogP contribution in [0.2, 0.25) is 0 Å². The molecule has 1 fully saturated rings. The number of hydrogen-bond acceptors (Lipinski definition) is 13. The Morgan fingerprint density at radius 1 is 0.915 bits per heavy atom. The van der Waals surface area contributed by atoms with Gasteiger partial charge in [-0.25, -0.2) is 18.5 Å². The first-order chi connectivity index (χ1) is 22.0. The fourth-order valence-corrected chi connectivity index (χ4v) is 8.19. The van der Waals surface area contributed by atoms with Crippen molar-refractivity contribution in [3.05, 3.63) is 77.0 Å². The minimum Gasteiger partial charge on any atom is -0.497 e. The van der Waals surface area contributed by atoms with E-state index in [0.29, 0.717) is 28.2 Å². The molecule has 21 heteroatoms. The van der Waals surface area contributed by atoms with Gasteiger partial charge in [0.25, 0.3) is 0 Å². The number of benzene rings is 2. The number of aryl methyl sites for hydroxylation is 2. The average molecular weight is 720 g/mol. The number of methoxy groups -OCH3 is 1. The number of fused-ring (bicyclic) bond motifs is 1. The van der Waals surface area contributed by atoms with Crippen LogP contribution in [0.3, 0.4) is 0 Å². The lowest BCUT2D eigenvalue weighted by Gasteiger charge is -2.33. The molecule has 3 heterocycles. The van der Waals surface area contributed by atoms with E-state index in [1.165, 1.54) is 25.4 Å². The highest BCUT2D eigenvalue weighted by Gasteiger charge is 2.50. The molecular formula is C26H31N2O16P3. The number of aliphatic hydroxyl groups is 2. The molecule has 2 aromatic carbocycles. The van der Waals surface area contributed by atoms with Crippen molar-refractivity contribution in [2.45, 2.75) is 44.6 Å². The molecule has 0 saturated carbocycles. The predicted molar refractivity (Wildman–Crippen MR) is 159 cm³/mol. The molecule has 0 aliphatic carbocycles. The van der Waals surface area contributed by atoms with Gasteiger partial charge in [0, 0.05) is 17.3 Å². The van der Waals surface area contributed by atoms with Gasteiger partial charge in [0.1, 0.15) is 35.6 Å². The van der Waals surface area contributed by atoms with Gasteiger partial charge in [0.2, 0.25) is 6.23 Å². The number of carbonyl (C=O) groups is 1. The maximum atomic E-state index is 12.9. The molecule has 2 amide bonds. The Bertz CT molecular complexity index is 1750. The van der Waals surface area contributed by atoms with Crippen molar-refractivity contribution in [3.8, 4) is 11.5 Å². The summed E-state index contributed by atoms with van der Waals surface area (Å²) in [6.45, 7) is 2.42. The van der Waals surface area contributed by atoms with Gasteiger partial charge in [0.05, 0.1) is 13.7 Å². The minimum atomic E-state index is -5.79. The van der Waals surface area contributed by atoms with E-state index in [0.717, 1.165) is 10.5 Å². The molecule has 47 heavy (non-hydrogen) atoms. The number of phosphoric acid groups is 3. The van der Waals surface area contributed by atoms with Crippen LogP contribution in [0.4, 0.5) is 4.79 Å². The Hall–Kier alpha value is -3.08. The summed E-state index contributed by atoms with van der Waals surface area (Å²) in [5, 5.41) is 23.7. The van der Waals surface area contributed by atoms with Crippen LogP contribution in [-0.2, 0) is 36.3 Å². The number of ether oxygens (including phenoxy) is 3. The fourth-order valence-electron chi connectivity index (χ4n) is 4.68. The molecule has 2 aromatic rings. The number of carbonyl (C=O) groups excluding carboxylic acids is 1. The van der Waals surface area contributed by atoms with E-state index >= 15 is 0 Å². The van der Waals surface area contributed by atoms with Gasteiger partial charge in [-0.3, -0.25) is 19.6 Å². The van der Waals surface area contributed by atoms with Gasteiger partial charge in [-0.1, -0.05) is 18.2 Å². The molecule has 8 atom stereocenters. The van der Waals surface area contributed by atoms with E-state index in [9.17, 15) is 43.4 Å². The molecule has 3 aliphatic rings. The Labute approximate surface area is 267 Å². The molecule has 256 valence electrons. The van der Waals surface area contributed by atoms with Crippen molar-refractivity contribution in [2.75, 3.05) is 13.7 Å². The molecule has 0 radical (unpaired) electrons. The van der Waals surface area contributed by atoms with Crippen LogP contribution >= 0.6 is 23.5 Å². The molecule has 0 spiro atoms. The molecule has 6 N–H and O–H groups in total. The first-order valence-corrected chi connectivity index (χ1v) is 18.1. The first kappa shape index (κ1) is 35.2. The molecule has 3 aliphatic heterocycles. The standard InChI is InChI=1S/C26H31N2O16P3/c1-14-7-8-19(9-15(14)2)42-46(34,35)44-47(36,37)43-45(32,33)39-13-21-22(29)23(30)25(41-21)28-12-17-11-20(40-24(17)27-26(28)31)16-5-4-6-18(10-16)38-3/h4-12,21-25,29-30H,13H2,1-3H3,(H,27,31)(H,32,33)(H,34,35)(H,36,37)/t21-,22?,23+,24?,25-/m1/s1. The maximum Gasteiger partial charge on any atom is 0.536 e. The lowest BCUT2D eigenvalue weighted by molar-refractivity contribution is -0.0671. The maximum absolute atomic E-state index is 12.9. The Kier molecular flexibility index (Phi) is 10.1. The van der Waals surface area contributed by atoms with Crippen LogP contribution in [0.5, 0.6) is 11.5 Å². The van der Waals surface area contributed by atoms with E-state index in [1.54, 1.807) is 50.3 Å². The molecular weight excluding hydrogens is 689 g/mol. The third-order valence-corrected chi connectivity index (χ3v) is 11.3. The van der Waals surface area contributed by atoms with Crippen molar-refractivity contribution in [3.63, 3.8) is 0 Å². The zero-order valence-electron chi connectivity index (χ0n) is 24.8. The van der Waals surface area contributed by atoms with Gasteiger partial charge >= 0.3 is 29.5 Å². The lowest BCUT2D eigenvalue weighted by Crippen LogP contribution is -2.54. The van der Waals surface area contributed by atoms with E-state index in [1.807, 2.05) is 0 Å². The second kappa shape index (κ2) is 13.4. The summed E-state index contributed by atoms with van der Waals surface area (Å²) in [4.78, 5) is 43.6. The fraction of sp³-hybridized carbons (Fsp3) is 0.346. The van der Waals surface area contributed by atoms with E-state index in [4.69, 9.17) is 18.7 Å². The lowest BCUT2D eigenvalue weighted by atomic mass is 10.1. The molecule has 0 aromatic heterocycles. The van der Waals surface area contributed by atoms with Gasteiger partial charge < -0.3 is 38.7 Å². The summed E-state index contributed by atoms with van der Waals surface area (Å²) >= 11 is 0. The largest absolute Gasteiger partial charge is 0.536 e. The number of amides is 2. The molecule has 0 bridgehead atoms. The van der Waals surface area contributed by atoms with E-state index in [2.05, 4.69) is 18.5 Å². The summed E-state index contributed by atoms with van der Waals surface area (Å²) in [5.41, 5.74) is 2.60. The number of nitrogens with zero attached hydrogens (tertiary/aromatic N) is 1. The topological polar surface area (TPSA) is 249 Å². The predicted octanol–water partition coefficient (Wildman–Crippen LogP) is 2.80. The van der Waals surface area contributed by atoms with Crippen molar-refractivity contribution in [1.82, 2.24) is 10.2 Å². The number of nitrogens with one attached hydrogen (secondary N) is 1. The summed E-state index contributed by atoms with van der Waals surface area (Å²) in [5.74, 6) is 0.791. The van der Waals surface area contributed by atoms with Gasteiger partial charge in [-0.15, -0.1) is 0 Å². The van der Waals surface area contributed by atoms with Crippen LogP contribution in [0.25, 0.3) is 5.76 Å². The summed E-state index contributed by atoms with van der Waals surface area (Å²) in [7, 11) is -15.2. The number of urea groups is 1. The van der Waals surface area contributed by atoms with Crippen molar-refractivity contribution >= 4 is 35.3 Å². The third kappa shape index (κ3) is 8.32.